The van der Waals surface area contributed by atoms with Crippen molar-refractivity contribution in [3.05, 3.63) is 47.2 Å². The number of rotatable bonds is 3. The largest absolute Gasteiger partial charge is 0.356 e. The third-order valence-electron chi connectivity index (χ3n) is 3.63. The number of benzene rings is 1. The highest BCUT2D eigenvalue weighted by Gasteiger charge is 2.41. The molecule has 0 radical (unpaired) electrons. The van der Waals surface area contributed by atoms with E-state index < -0.39 is 23.9 Å². The van der Waals surface area contributed by atoms with Crippen molar-refractivity contribution in [2.75, 3.05) is 19.0 Å². The number of nitrogens with one attached hydrogen (secondary N) is 1. The molecule has 120 valence electrons. The predicted molar refractivity (Wildman–Crippen MR) is 82.4 cm³/mol. The van der Waals surface area contributed by atoms with Gasteiger partial charge < -0.3 is 9.64 Å². The zero-order valence-corrected chi connectivity index (χ0v) is 13.0. The molecule has 2 aromatic rings. The number of anilines is 1. The number of aromatic nitrogens is 1. The van der Waals surface area contributed by atoms with Crippen LogP contribution in [0.15, 0.2) is 35.8 Å². The lowest BCUT2D eigenvalue weighted by atomic mass is 9.97. The first kappa shape index (κ1) is 15.6. The van der Waals surface area contributed by atoms with Crippen LogP contribution in [0.4, 0.5) is 9.52 Å². The van der Waals surface area contributed by atoms with E-state index in [0.717, 1.165) is 0 Å². The highest BCUT2D eigenvalue weighted by Crippen LogP contribution is 2.31. The van der Waals surface area contributed by atoms with Gasteiger partial charge in [-0.3, -0.25) is 14.9 Å². The summed E-state index contributed by atoms with van der Waals surface area (Å²) in [4.78, 5) is 29.7. The van der Waals surface area contributed by atoms with Crippen molar-refractivity contribution in [2.45, 2.75) is 12.1 Å². The van der Waals surface area contributed by atoms with Crippen LogP contribution in [0.2, 0.25) is 0 Å². The quantitative estimate of drug-likeness (QED) is 0.929. The number of thiazole rings is 1. The maximum atomic E-state index is 14.2. The summed E-state index contributed by atoms with van der Waals surface area (Å²) in [5, 5.41) is 4.77. The molecule has 1 aliphatic heterocycles. The Balaban J connectivity index is 1.91. The molecule has 1 aromatic carbocycles. The van der Waals surface area contributed by atoms with Gasteiger partial charge in [-0.1, -0.05) is 18.2 Å². The average molecular weight is 335 g/mol. The van der Waals surface area contributed by atoms with Crippen LogP contribution in [0, 0.1) is 5.82 Å². The Labute approximate surface area is 135 Å². The van der Waals surface area contributed by atoms with Crippen LogP contribution >= 0.6 is 11.3 Å². The molecular formula is C15H14FN3O3S. The third-order valence-corrected chi connectivity index (χ3v) is 4.32. The Hall–Kier alpha value is -2.32. The molecular weight excluding hydrogens is 321 g/mol. The molecule has 8 heteroatoms. The van der Waals surface area contributed by atoms with E-state index in [1.165, 1.54) is 29.4 Å². The fourth-order valence-corrected chi connectivity index (χ4v) is 3.01. The minimum atomic E-state index is -1.02. The van der Waals surface area contributed by atoms with Crippen molar-refractivity contribution in [3.8, 4) is 0 Å². The lowest BCUT2D eigenvalue weighted by Gasteiger charge is -2.38. The van der Waals surface area contributed by atoms with Gasteiger partial charge in [0.25, 0.3) is 5.91 Å². The van der Waals surface area contributed by atoms with Gasteiger partial charge in [0.2, 0.25) is 5.91 Å². The van der Waals surface area contributed by atoms with Crippen LogP contribution < -0.4 is 5.32 Å². The SMILES string of the molecule is CN1C(=O)CO[C@@H](C(=O)Nc2nccs2)[C@@H]1c1ccccc1F. The van der Waals surface area contributed by atoms with Crippen LogP contribution in [-0.2, 0) is 14.3 Å². The molecule has 1 aliphatic rings. The van der Waals surface area contributed by atoms with E-state index in [9.17, 15) is 14.0 Å². The van der Waals surface area contributed by atoms with Gasteiger partial charge in [0.1, 0.15) is 12.4 Å². The van der Waals surface area contributed by atoms with Crippen molar-refractivity contribution >= 4 is 28.3 Å². The molecule has 0 aliphatic carbocycles. The van der Waals surface area contributed by atoms with E-state index in [1.807, 2.05) is 0 Å². The highest BCUT2D eigenvalue weighted by atomic mass is 32.1. The molecule has 1 aromatic heterocycles. The summed E-state index contributed by atoms with van der Waals surface area (Å²) in [6.45, 7) is -0.225. The van der Waals surface area contributed by atoms with Crippen molar-refractivity contribution in [1.29, 1.82) is 0 Å². The molecule has 0 unspecified atom stereocenters. The fourth-order valence-electron chi connectivity index (χ4n) is 2.48. The number of hydrogen-bond acceptors (Lipinski definition) is 5. The minimum absolute atomic E-state index is 0.225. The second-order valence-corrected chi connectivity index (χ2v) is 5.92. The minimum Gasteiger partial charge on any atom is -0.356 e. The van der Waals surface area contributed by atoms with Gasteiger partial charge in [0, 0.05) is 24.2 Å². The van der Waals surface area contributed by atoms with E-state index in [0.29, 0.717) is 5.13 Å². The van der Waals surface area contributed by atoms with Crippen molar-refractivity contribution in [2.24, 2.45) is 0 Å². The van der Waals surface area contributed by atoms with Crippen molar-refractivity contribution in [1.82, 2.24) is 9.88 Å². The maximum Gasteiger partial charge on any atom is 0.257 e. The third kappa shape index (κ3) is 3.08. The molecule has 3 rings (SSSR count). The molecule has 1 saturated heterocycles. The van der Waals surface area contributed by atoms with E-state index in [-0.39, 0.29) is 18.1 Å². The summed E-state index contributed by atoms with van der Waals surface area (Å²) in [6.07, 6.45) is 0.546. The number of halogens is 1. The first-order chi connectivity index (χ1) is 11.1. The zero-order valence-electron chi connectivity index (χ0n) is 12.2. The van der Waals surface area contributed by atoms with Crippen LogP contribution in [0.3, 0.4) is 0 Å². The summed E-state index contributed by atoms with van der Waals surface area (Å²) < 4.78 is 19.6. The molecule has 23 heavy (non-hydrogen) atoms. The van der Waals surface area contributed by atoms with Crippen LogP contribution in [0.25, 0.3) is 0 Å². The van der Waals surface area contributed by atoms with Gasteiger partial charge in [-0.15, -0.1) is 11.3 Å². The Morgan fingerprint density at radius 3 is 2.96 bits per heavy atom. The molecule has 2 heterocycles. The Kier molecular flexibility index (Phi) is 4.35. The topological polar surface area (TPSA) is 71.5 Å². The van der Waals surface area contributed by atoms with Crippen molar-refractivity contribution in [3.63, 3.8) is 0 Å². The fraction of sp³-hybridized carbons (Fsp3) is 0.267. The molecule has 1 N–H and O–H groups in total. The van der Waals surface area contributed by atoms with Crippen LogP contribution in [-0.4, -0.2) is 41.5 Å². The first-order valence-electron chi connectivity index (χ1n) is 6.90. The number of likely N-dealkylation sites (N-methyl/N-ethyl adjacent to an activating group) is 1. The van der Waals surface area contributed by atoms with E-state index in [2.05, 4.69) is 10.3 Å². The second-order valence-electron chi connectivity index (χ2n) is 5.03. The summed E-state index contributed by atoms with van der Waals surface area (Å²) in [7, 11) is 1.53. The molecule has 2 amide bonds. The predicted octanol–water partition coefficient (Wildman–Crippen LogP) is 1.82. The normalized spacial score (nSPS) is 21.3. The van der Waals surface area contributed by atoms with Crippen LogP contribution in [0.1, 0.15) is 11.6 Å². The van der Waals surface area contributed by atoms with E-state index in [1.54, 1.807) is 29.8 Å². The summed E-state index contributed by atoms with van der Waals surface area (Å²) >= 11 is 1.26. The first-order valence-corrected chi connectivity index (χ1v) is 7.78. The number of hydrogen-bond donors (Lipinski definition) is 1. The van der Waals surface area contributed by atoms with Gasteiger partial charge >= 0.3 is 0 Å². The number of carbonyl (C=O) groups is 2. The standard InChI is InChI=1S/C15H14FN3O3S/c1-19-11(20)8-22-13(14(21)18-15-17-6-7-23-15)12(19)9-4-2-3-5-10(9)16/h2-7,12-13H,8H2,1H3,(H,17,18,21)/t12-,13+/m0/s1. The summed E-state index contributed by atoms with van der Waals surface area (Å²) in [5.74, 6) is -1.26. The second kappa shape index (κ2) is 6.43. The average Bonchev–Trinajstić information content (AvgIpc) is 3.03. The van der Waals surface area contributed by atoms with Crippen molar-refractivity contribution < 1.29 is 18.7 Å². The molecule has 2 atom stereocenters. The lowest BCUT2D eigenvalue weighted by Crippen LogP contribution is -2.51. The highest BCUT2D eigenvalue weighted by molar-refractivity contribution is 7.13. The Morgan fingerprint density at radius 2 is 2.26 bits per heavy atom. The number of morpholine rings is 1. The monoisotopic (exact) mass is 335 g/mol. The van der Waals surface area contributed by atoms with Gasteiger partial charge in [-0.2, -0.15) is 0 Å². The van der Waals surface area contributed by atoms with Gasteiger partial charge in [0.15, 0.2) is 11.2 Å². The maximum absolute atomic E-state index is 14.2. The van der Waals surface area contributed by atoms with E-state index in [4.69, 9.17) is 4.74 Å². The zero-order chi connectivity index (χ0) is 16.4. The number of ether oxygens (including phenoxy) is 1. The Bertz CT molecular complexity index is 723. The molecule has 0 spiro atoms. The lowest BCUT2D eigenvalue weighted by molar-refractivity contribution is -0.160. The summed E-state index contributed by atoms with van der Waals surface area (Å²) in [6, 6.07) is 5.20. The van der Waals surface area contributed by atoms with Gasteiger partial charge in [-0.25, -0.2) is 9.37 Å². The smallest absolute Gasteiger partial charge is 0.257 e. The Morgan fingerprint density at radius 1 is 1.48 bits per heavy atom. The molecule has 0 bridgehead atoms. The number of carbonyl (C=O) groups excluding carboxylic acids is 2. The number of amides is 2. The van der Waals surface area contributed by atoms with Gasteiger partial charge in [-0.05, 0) is 6.07 Å². The molecule has 0 saturated carbocycles. The van der Waals surface area contributed by atoms with Crippen LogP contribution in [0.5, 0.6) is 0 Å². The number of nitrogens with zero attached hydrogens (tertiary/aromatic N) is 2. The van der Waals surface area contributed by atoms with E-state index >= 15 is 0 Å². The molecule has 1 fully saturated rings. The molecule has 6 nitrogen and oxygen atoms in total. The van der Waals surface area contributed by atoms with Gasteiger partial charge in [0.05, 0.1) is 6.04 Å². The summed E-state index contributed by atoms with van der Waals surface area (Å²) in [5.41, 5.74) is 0.238.